The van der Waals surface area contributed by atoms with Crippen LogP contribution < -0.4 is 0 Å². The molecule has 0 spiro atoms. The van der Waals surface area contributed by atoms with Crippen LogP contribution in [0.4, 0.5) is 4.39 Å². The number of halogens is 2. The van der Waals surface area contributed by atoms with E-state index in [0.717, 1.165) is 0 Å². The van der Waals surface area contributed by atoms with Gasteiger partial charge in [0, 0.05) is 0 Å². The van der Waals surface area contributed by atoms with Crippen molar-refractivity contribution in [1.82, 2.24) is 0 Å². The minimum absolute atomic E-state index is 0.295. The number of alkyl halides is 2. The molecule has 0 amide bonds. The van der Waals surface area contributed by atoms with Crippen LogP contribution in [0.25, 0.3) is 0 Å². The van der Waals surface area contributed by atoms with Crippen molar-refractivity contribution in [1.29, 1.82) is 0 Å². The van der Waals surface area contributed by atoms with Crippen LogP contribution in [0.1, 0.15) is 0 Å². The average molecular weight is 191 g/mol. The summed E-state index contributed by atoms with van der Waals surface area (Å²) in [7, 11) is -3.41. The first-order valence-corrected chi connectivity index (χ1v) is 4.39. The molecule has 0 bridgehead atoms. The molecule has 0 fully saturated rings. The lowest BCUT2D eigenvalue weighted by Crippen LogP contribution is -2.01. The van der Waals surface area contributed by atoms with Gasteiger partial charge >= 0.3 is 0 Å². The van der Waals surface area contributed by atoms with E-state index in [0.29, 0.717) is 0 Å². The van der Waals surface area contributed by atoms with Crippen molar-refractivity contribution >= 4 is 25.8 Å². The van der Waals surface area contributed by atoms with Gasteiger partial charge in [-0.05, 0) is 0 Å². The third kappa shape index (κ3) is 2.99. The first kappa shape index (κ1) is 7.36. The smallest absolute Gasteiger partial charge is 0.191 e. The molecule has 0 aliphatic carbocycles. The molecule has 0 aromatic carbocycles. The summed E-state index contributed by atoms with van der Waals surface area (Å²) in [6.45, 7) is 0. The molecule has 7 heavy (non-hydrogen) atoms. The lowest BCUT2D eigenvalue weighted by molar-refractivity contribution is 0.538. The number of sulfone groups is 1. The molecule has 0 radical (unpaired) electrons. The Morgan fingerprint density at radius 3 is 2.00 bits per heavy atom. The molecule has 0 N–H and O–H groups in total. The highest BCUT2D eigenvalue weighted by Crippen LogP contribution is 1.94. The van der Waals surface area contributed by atoms with E-state index < -0.39 is 15.8 Å². The third-order valence-corrected chi connectivity index (χ3v) is 3.09. The standard InChI is InChI=1S/C2H4BrFO2S/c3-1-7(5,6)2-4/h1-2H2. The second kappa shape index (κ2) is 2.61. The summed E-state index contributed by atoms with van der Waals surface area (Å²) in [5.41, 5.74) is 0. The van der Waals surface area contributed by atoms with Crippen molar-refractivity contribution in [3.8, 4) is 0 Å². The first-order valence-electron chi connectivity index (χ1n) is 1.45. The van der Waals surface area contributed by atoms with Crippen LogP contribution in [-0.4, -0.2) is 19.1 Å². The number of hydrogen-bond acceptors (Lipinski definition) is 2. The predicted octanol–water partition coefficient (Wildman–Crippen LogP) is 0.681. The Morgan fingerprint density at radius 1 is 1.57 bits per heavy atom. The molecule has 0 atom stereocenters. The molecule has 0 rings (SSSR count). The number of rotatable bonds is 2. The van der Waals surface area contributed by atoms with Gasteiger partial charge in [-0.25, -0.2) is 12.8 Å². The molecule has 0 unspecified atom stereocenters. The van der Waals surface area contributed by atoms with Gasteiger partial charge in [-0.3, -0.25) is 0 Å². The molecule has 0 heterocycles. The number of hydrogen-bond donors (Lipinski definition) is 0. The SMILES string of the molecule is O=S(=O)(CF)CBr. The fraction of sp³-hybridized carbons (Fsp3) is 1.00. The monoisotopic (exact) mass is 190 g/mol. The van der Waals surface area contributed by atoms with E-state index >= 15 is 0 Å². The van der Waals surface area contributed by atoms with Crippen molar-refractivity contribution in [3.63, 3.8) is 0 Å². The largest absolute Gasteiger partial charge is 0.234 e. The molecule has 0 aliphatic rings. The van der Waals surface area contributed by atoms with E-state index in [2.05, 4.69) is 15.9 Å². The van der Waals surface area contributed by atoms with Gasteiger partial charge in [0.1, 0.15) is 4.66 Å². The summed E-state index contributed by atoms with van der Waals surface area (Å²) in [6, 6.07) is -1.28. The summed E-state index contributed by atoms with van der Waals surface area (Å²) in [5.74, 6) is 0. The van der Waals surface area contributed by atoms with Crippen LogP contribution in [0.3, 0.4) is 0 Å². The molecule has 44 valence electrons. The molecular formula is C2H4BrFO2S. The molecule has 0 aliphatic heterocycles. The Morgan fingerprint density at radius 2 is 2.00 bits per heavy atom. The summed E-state index contributed by atoms with van der Waals surface area (Å²) in [5, 5.41) is 0. The van der Waals surface area contributed by atoms with Crippen molar-refractivity contribution in [2.75, 3.05) is 10.7 Å². The minimum Gasteiger partial charge on any atom is -0.234 e. The van der Waals surface area contributed by atoms with Crippen LogP contribution in [0.5, 0.6) is 0 Å². The maximum atomic E-state index is 11.2. The van der Waals surface area contributed by atoms with E-state index in [-0.39, 0.29) is 4.66 Å². The summed E-state index contributed by atoms with van der Waals surface area (Å²) < 4.78 is 30.8. The Balaban J connectivity index is 3.89. The Labute approximate surface area is 49.8 Å². The Hall–Kier alpha value is 0.360. The van der Waals surface area contributed by atoms with Crippen molar-refractivity contribution < 1.29 is 12.8 Å². The average Bonchev–Trinajstić information content (AvgIpc) is 1.68. The zero-order valence-electron chi connectivity index (χ0n) is 3.39. The van der Waals surface area contributed by atoms with Gasteiger partial charge in [-0.1, -0.05) is 15.9 Å². The van der Waals surface area contributed by atoms with E-state index in [4.69, 9.17) is 0 Å². The Bertz CT molecular complexity index is 119. The lowest BCUT2D eigenvalue weighted by atomic mass is 11.8. The van der Waals surface area contributed by atoms with Crippen LogP contribution >= 0.6 is 15.9 Å². The van der Waals surface area contributed by atoms with Gasteiger partial charge in [0.15, 0.2) is 15.8 Å². The highest BCUT2D eigenvalue weighted by Gasteiger charge is 2.04. The normalized spacial score (nSPS) is 11.7. The van der Waals surface area contributed by atoms with E-state index in [1.807, 2.05) is 0 Å². The van der Waals surface area contributed by atoms with Gasteiger partial charge in [0.25, 0.3) is 0 Å². The highest BCUT2D eigenvalue weighted by atomic mass is 79.9. The molecule has 0 aromatic rings. The summed E-state index contributed by atoms with van der Waals surface area (Å²) in [6.07, 6.45) is 0. The van der Waals surface area contributed by atoms with E-state index in [9.17, 15) is 12.8 Å². The molecule has 0 aromatic heterocycles. The van der Waals surface area contributed by atoms with Crippen LogP contribution in [0.15, 0.2) is 0 Å². The maximum absolute atomic E-state index is 11.2. The van der Waals surface area contributed by atoms with Gasteiger partial charge in [0.05, 0.1) is 0 Å². The highest BCUT2D eigenvalue weighted by molar-refractivity contribution is 9.10. The fourth-order valence-corrected chi connectivity index (χ4v) is 0.455. The fourth-order valence-electron chi connectivity index (χ4n) is 0.0292. The first-order chi connectivity index (χ1) is 3.12. The lowest BCUT2D eigenvalue weighted by Gasteiger charge is -1.85. The van der Waals surface area contributed by atoms with Crippen molar-refractivity contribution in [2.24, 2.45) is 0 Å². The molecule has 0 saturated carbocycles. The molecule has 2 nitrogen and oxygen atoms in total. The molecule has 0 saturated heterocycles. The van der Waals surface area contributed by atoms with Gasteiger partial charge in [0.2, 0.25) is 0 Å². The van der Waals surface area contributed by atoms with E-state index in [1.165, 1.54) is 0 Å². The van der Waals surface area contributed by atoms with Crippen LogP contribution in [-0.2, 0) is 9.84 Å². The minimum atomic E-state index is -3.41. The van der Waals surface area contributed by atoms with E-state index in [1.54, 1.807) is 0 Å². The maximum Gasteiger partial charge on any atom is 0.191 e. The van der Waals surface area contributed by atoms with Crippen LogP contribution in [0, 0.1) is 0 Å². The molecule has 5 heteroatoms. The second-order valence-electron chi connectivity index (χ2n) is 0.962. The topological polar surface area (TPSA) is 34.1 Å². The summed E-state index contributed by atoms with van der Waals surface area (Å²) >= 11 is 2.60. The summed E-state index contributed by atoms with van der Waals surface area (Å²) in [4.78, 5) is 0. The third-order valence-electron chi connectivity index (χ3n) is 0.332. The Kier molecular flexibility index (Phi) is 2.75. The second-order valence-corrected chi connectivity index (χ2v) is 4.26. The molecular weight excluding hydrogens is 187 g/mol. The van der Waals surface area contributed by atoms with Crippen molar-refractivity contribution in [2.45, 2.75) is 0 Å². The van der Waals surface area contributed by atoms with Gasteiger partial charge in [-0.2, -0.15) is 0 Å². The zero-order valence-corrected chi connectivity index (χ0v) is 5.80. The van der Waals surface area contributed by atoms with Crippen LogP contribution in [0.2, 0.25) is 0 Å². The zero-order chi connectivity index (χ0) is 5.91. The van der Waals surface area contributed by atoms with Gasteiger partial charge < -0.3 is 0 Å². The van der Waals surface area contributed by atoms with Crippen molar-refractivity contribution in [3.05, 3.63) is 0 Å². The predicted molar refractivity (Wildman–Crippen MR) is 28.7 cm³/mol. The quantitative estimate of drug-likeness (QED) is 0.601. The van der Waals surface area contributed by atoms with Gasteiger partial charge in [-0.15, -0.1) is 0 Å².